The maximum atomic E-state index is 12.2. The maximum Gasteiger partial charge on any atom is 0.326 e. The number of carboxylic acids is 2. The highest BCUT2D eigenvalue weighted by Crippen LogP contribution is 2.23. The monoisotopic (exact) mass is 613 g/mol. The van der Waals surface area contributed by atoms with Crippen LogP contribution in [0.2, 0.25) is 0 Å². The Hall–Kier alpha value is -2.24. The highest BCUT2D eigenvalue weighted by Gasteiger charge is 2.41. The Morgan fingerprint density at radius 1 is 0.628 bits per heavy atom. The Bertz CT molecular complexity index is 782. The molecular weight excluding hydrogens is 554 g/mol. The third kappa shape index (κ3) is 22.9. The van der Waals surface area contributed by atoms with Gasteiger partial charge in [0, 0.05) is 31.8 Å². The van der Waals surface area contributed by atoms with Crippen LogP contribution in [-0.2, 0) is 23.9 Å². The topological polar surface area (TPSA) is 192 Å². The fourth-order valence-corrected chi connectivity index (χ4v) is 5.25. The number of hydrogen-bond donors (Lipinski definition) is 6. The van der Waals surface area contributed by atoms with E-state index in [1.165, 1.54) is 57.8 Å². The second-order valence-corrected chi connectivity index (χ2v) is 12.0. The van der Waals surface area contributed by atoms with Gasteiger partial charge in [0.1, 0.15) is 12.1 Å². The molecule has 0 aromatic heterocycles. The van der Waals surface area contributed by atoms with E-state index >= 15 is 0 Å². The number of carbonyl (C=O) groups excluding carboxylic acids is 2. The summed E-state index contributed by atoms with van der Waals surface area (Å²) in [6.45, 7) is 0.463. The van der Waals surface area contributed by atoms with E-state index in [1.54, 1.807) is 0 Å². The third-order valence-electron chi connectivity index (χ3n) is 8.05. The number of carboxylic acid groups (broad SMARTS) is 2. The molecule has 0 spiro atoms. The predicted molar refractivity (Wildman–Crippen MR) is 165 cm³/mol. The molecule has 1 heterocycles. The summed E-state index contributed by atoms with van der Waals surface area (Å²) >= 11 is 0. The Morgan fingerprint density at radius 3 is 1.53 bits per heavy atom. The quantitative estimate of drug-likeness (QED) is 0.0489. The molecule has 250 valence electrons. The van der Waals surface area contributed by atoms with Crippen LogP contribution in [0.5, 0.6) is 0 Å². The second kappa shape index (κ2) is 25.1. The lowest BCUT2D eigenvalue weighted by Crippen LogP contribution is -2.41. The Kier molecular flexibility index (Phi) is 22.7. The smallest absolute Gasteiger partial charge is 0.326 e. The molecule has 11 nitrogen and oxygen atoms in total. The fraction of sp³-hybridized carbons (Fsp3) is 0.875. The van der Waals surface area contributed by atoms with E-state index in [9.17, 15) is 29.4 Å². The van der Waals surface area contributed by atoms with Crippen molar-refractivity contribution in [2.75, 3.05) is 6.54 Å². The van der Waals surface area contributed by atoms with Gasteiger partial charge in [0.05, 0.1) is 0 Å². The summed E-state index contributed by atoms with van der Waals surface area (Å²) in [5.74, 6) is -2.36. The van der Waals surface area contributed by atoms with Gasteiger partial charge in [-0.05, 0) is 32.1 Å². The molecule has 0 aromatic rings. The number of amides is 2. The summed E-state index contributed by atoms with van der Waals surface area (Å²) in [5, 5.41) is 32.6. The third-order valence-corrected chi connectivity index (χ3v) is 8.05. The lowest BCUT2D eigenvalue weighted by molar-refractivity contribution is -0.142. The lowest BCUT2D eigenvalue weighted by atomic mass is 10.0. The van der Waals surface area contributed by atoms with E-state index in [0.717, 1.165) is 57.8 Å². The average Bonchev–Trinajstić information content (AvgIpc) is 3.70. The average molecular weight is 614 g/mol. The summed E-state index contributed by atoms with van der Waals surface area (Å²) in [5.41, 5.74) is 5.89. The first kappa shape index (κ1) is 38.8. The first-order valence-corrected chi connectivity index (χ1v) is 16.8. The van der Waals surface area contributed by atoms with Crippen LogP contribution in [0.25, 0.3) is 0 Å². The number of hydrogen-bond acceptors (Lipinski definition) is 7. The minimum Gasteiger partial charge on any atom is -0.481 e. The van der Waals surface area contributed by atoms with Crippen molar-refractivity contribution in [2.45, 2.75) is 172 Å². The van der Waals surface area contributed by atoms with Crippen molar-refractivity contribution < 1.29 is 39.2 Å². The van der Waals surface area contributed by atoms with Gasteiger partial charge in [0.15, 0.2) is 6.29 Å². The van der Waals surface area contributed by atoms with Gasteiger partial charge >= 0.3 is 11.9 Å². The molecule has 2 unspecified atom stereocenters. The van der Waals surface area contributed by atoms with Gasteiger partial charge in [-0.2, -0.15) is 0 Å². The molecule has 4 atom stereocenters. The van der Waals surface area contributed by atoms with Crippen LogP contribution in [0.3, 0.4) is 0 Å². The number of nitrogens with two attached hydrogens (primary N) is 1. The maximum absolute atomic E-state index is 12.2. The Morgan fingerprint density at radius 2 is 1.09 bits per heavy atom. The van der Waals surface area contributed by atoms with Crippen LogP contribution in [0.15, 0.2) is 0 Å². The van der Waals surface area contributed by atoms with Gasteiger partial charge in [-0.3, -0.25) is 14.4 Å². The number of nitrogens with one attached hydrogen (secondary N) is 2. The summed E-state index contributed by atoms with van der Waals surface area (Å²) in [7, 11) is 0. The van der Waals surface area contributed by atoms with E-state index in [4.69, 9.17) is 15.6 Å². The summed E-state index contributed by atoms with van der Waals surface area (Å²) in [4.78, 5) is 46.3. The van der Waals surface area contributed by atoms with Gasteiger partial charge in [0.25, 0.3) is 0 Å². The fourth-order valence-electron chi connectivity index (χ4n) is 5.25. The van der Waals surface area contributed by atoms with Gasteiger partial charge in [-0.15, -0.1) is 0 Å². The number of rotatable bonds is 30. The lowest BCUT2D eigenvalue weighted by Gasteiger charge is -2.14. The number of unbranched alkanes of at least 4 members (excludes halogenated alkanes) is 16. The number of epoxide rings is 1. The molecule has 1 saturated heterocycles. The first-order chi connectivity index (χ1) is 20.7. The van der Waals surface area contributed by atoms with Crippen molar-refractivity contribution in [3.05, 3.63) is 0 Å². The normalized spacial score (nSPS) is 17.3. The number of aliphatic carboxylic acids is 2. The number of carbonyl (C=O) groups is 4. The van der Waals surface area contributed by atoms with Crippen molar-refractivity contribution in [1.82, 2.24) is 10.6 Å². The molecule has 7 N–H and O–H groups in total. The molecule has 1 aliphatic rings. The molecule has 2 amide bonds. The predicted octanol–water partition coefficient (Wildman–Crippen LogP) is 4.77. The van der Waals surface area contributed by atoms with Gasteiger partial charge in [-0.1, -0.05) is 96.3 Å². The Labute approximate surface area is 258 Å². The molecule has 0 radical (unpaired) electrons. The summed E-state index contributed by atoms with van der Waals surface area (Å²) < 4.78 is 4.92. The molecule has 43 heavy (non-hydrogen) atoms. The molecule has 1 fully saturated rings. The van der Waals surface area contributed by atoms with E-state index in [0.29, 0.717) is 25.8 Å². The Balaban J connectivity index is 1.91. The van der Waals surface area contributed by atoms with Crippen LogP contribution in [0.4, 0.5) is 0 Å². The molecule has 1 aliphatic heterocycles. The SMILES string of the molecule is N[C@@H](CCCCNC(=O)CC[C@H](NC(=O)CCCCCCCCCCCCCCCCCCC(=O)O)C(=O)O)C1OC1O. The number of aliphatic hydroxyl groups is 1. The second-order valence-electron chi connectivity index (χ2n) is 12.0. The van der Waals surface area contributed by atoms with Crippen molar-refractivity contribution in [2.24, 2.45) is 5.73 Å². The first-order valence-electron chi connectivity index (χ1n) is 16.8. The zero-order valence-corrected chi connectivity index (χ0v) is 26.2. The molecule has 11 heteroatoms. The van der Waals surface area contributed by atoms with E-state index in [1.807, 2.05) is 0 Å². The standard InChI is InChI=1S/C32H59N3O8/c33-25(30-32(42)43-30)19-17-18-24-34-27(36)23-22-26(31(40)41)35-28(37)20-15-13-11-9-7-5-3-1-2-4-6-8-10-12-14-16-21-29(38)39/h25-26,30,32,42H,1-24,33H2,(H,34,36)(H,35,37)(H,38,39)(H,40,41)/t25-,26-,30?,32?/m0/s1. The van der Waals surface area contributed by atoms with Crippen LogP contribution in [0.1, 0.15) is 148 Å². The van der Waals surface area contributed by atoms with Crippen LogP contribution in [-0.4, -0.2) is 70.1 Å². The van der Waals surface area contributed by atoms with Gasteiger partial charge in [0.2, 0.25) is 11.8 Å². The highest BCUT2D eigenvalue weighted by molar-refractivity contribution is 5.84. The van der Waals surface area contributed by atoms with E-state index < -0.39 is 24.3 Å². The van der Waals surface area contributed by atoms with Gasteiger partial charge < -0.3 is 36.4 Å². The molecular formula is C32H59N3O8. The summed E-state index contributed by atoms with van der Waals surface area (Å²) in [6, 6.07) is -1.29. The zero-order valence-electron chi connectivity index (χ0n) is 26.2. The van der Waals surface area contributed by atoms with E-state index in [-0.39, 0.29) is 36.8 Å². The zero-order chi connectivity index (χ0) is 31.7. The molecule has 0 aromatic carbocycles. The number of aliphatic hydroxyl groups excluding tert-OH is 1. The van der Waals surface area contributed by atoms with Crippen LogP contribution < -0.4 is 16.4 Å². The molecule has 1 rings (SSSR count). The molecule has 0 saturated carbocycles. The van der Waals surface area contributed by atoms with Crippen LogP contribution >= 0.6 is 0 Å². The van der Waals surface area contributed by atoms with Crippen molar-refractivity contribution >= 4 is 23.8 Å². The van der Waals surface area contributed by atoms with Crippen LogP contribution in [0, 0.1) is 0 Å². The largest absolute Gasteiger partial charge is 0.481 e. The number of ether oxygens (including phenoxy) is 1. The summed E-state index contributed by atoms with van der Waals surface area (Å²) in [6.07, 6.45) is 20.0. The minimum absolute atomic E-state index is 0.0243. The van der Waals surface area contributed by atoms with Crippen molar-refractivity contribution in [3.8, 4) is 0 Å². The van der Waals surface area contributed by atoms with Crippen molar-refractivity contribution in [1.29, 1.82) is 0 Å². The van der Waals surface area contributed by atoms with E-state index in [2.05, 4.69) is 10.6 Å². The molecule has 0 bridgehead atoms. The van der Waals surface area contributed by atoms with Crippen molar-refractivity contribution in [3.63, 3.8) is 0 Å². The highest BCUT2D eigenvalue weighted by atomic mass is 16.7. The minimum atomic E-state index is -1.13. The molecule has 0 aliphatic carbocycles. The van der Waals surface area contributed by atoms with Gasteiger partial charge in [-0.25, -0.2) is 4.79 Å².